The molecule has 1 atom stereocenters. The molecule has 0 radical (unpaired) electrons. The topological polar surface area (TPSA) is 63.0 Å². The van der Waals surface area contributed by atoms with Crippen LogP contribution in [0.25, 0.3) is 11.2 Å². The minimum Gasteiger partial charge on any atom is -0.392 e. The number of rotatable bonds is 5. The molecule has 0 saturated heterocycles. The van der Waals surface area contributed by atoms with E-state index in [9.17, 15) is 5.11 Å². The standard InChI is InChI=1S/C11H16N4O/c1-12-7-9(16)4-6-15-8-14-11-10(15)3-2-5-13-11/h2-3,5,8-9,12,16H,4,6-7H2,1H3. The van der Waals surface area contributed by atoms with Crippen LogP contribution in [-0.2, 0) is 6.54 Å². The van der Waals surface area contributed by atoms with Gasteiger partial charge in [-0.3, -0.25) is 0 Å². The van der Waals surface area contributed by atoms with Crippen LogP contribution in [0.1, 0.15) is 6.42 Å². The predicted molar refractivity (Wildman–Crippen MR) is 62.1 cm³/mol. The van der Waals surface area contributed by atoms with E-state index in [0.29, 0.717) is 13.0 Å². The summed E-state index contributed by atoms with van der Waals surface area (Å²) in [7, 11) is 1.83. The Bertz CT molecular complexity index is 454. The summed E-state index contributed by atoms with van der Waals surface area (Å²) in [4.78, 5) is 8.36. The van der Waals surface area contributed by atoms with Crippen LogP contribution >= 0.6 is 0 Å². The number of aromatic nitrogens is 3. The zero-order valence-electron chi connectivity index (χ0n) is 9.30. The van der Waals surface area contributed by atoms with Crippen LogP contribution in [-0.4, -0.2) is 39.3 Å². The molecule has 0 saturated carbocycles. The molecule has 16 heavy (non-hydrogen) atoms. The van der Waals surface area contributed by atoms with E-state index < -0.39 is 0 Å². The second-order valence-electron chi connectivity index (χ2n) is 3.78. The minimum absolute atomic E-state index is 0.320. The Labute approximate surface area is 94.1 Å². The normalized spacial score (nSPS) is 13.1. The zero-order valence-corrected chi connectivity index (χ0v) is 9.30. The highest BCUT2D eigenvalue weighted by Gasteiger charge is 2.06. The number of likely N-dealkylation sites (N-methyl/N-ethyl adjacent to an activating group) is 1. The van der Waals surface area contributed by atoms with Crippen LogP contribution in [0.3, 0.4) is 0 Å². The fourth-order valence-corrected chi connectivity index (χ4v) is 1.70. The Balaban J connectivity index is 2.04. The van der Waals surface area contributed by atoms with E-state index in [4.69, 9.17) is 0 Å². The van der Waals surface area contributed by atoms with Crippen molar-refractivity contribution < 1.29 is 5.11 Å². The number of aliphatic hydroxyl groups is 1. The molecule has 5 heteroatoms. The molecular formula is C11H16N4O. The predicted octanol–water partition coefficient (Wildman–Crippen LogP) is 0.402. The molecule has 86 valence electrons. The van der Waals surface area contributed by atoms with Gasteiger partial charge in [0, 0.05) is 19.3 Å². The molecule has 2 heterocycles. The molecule has 2 aromatic rings. The Kier molecular flexibility index (Phi) is 3.48. The minimum atomic E-state index is -0.320. The van der Waals surface area contributed by atoms with Crippen LogP contribution in [0.2, 0.25) is 0 Å². The summed E-state index contributed by atoms with van der Waals surface area (Å²) < 4.78 is 2.02. The number of aliphatic hydroxyl groups excluding tert-OH is 1. The Hall–Kier alpha value is -1.46. The summed E-state index contributed by atoms with van der Waals surface area (Å²) in [6, 6.07) is 3.88. The molecule has 5 nitrogen and oxygen atoms in total. The van der Waals surface area contributed by atoms with Gasteiger partial charge < -0.3 is 15.0 Å². The second-order valence-corrected chi connectivity index (χ2v) is 3.78. The van der Waals surface area contributed by atoms with Gasteiger partial charge in [-0.2, -0.15) is 0 Å². The monoisotopic (exact) mass is 220 g/mol. The number of nitrogens with zero attached hydrogens (tertiary/aromatic N) is 3. The Morgan fingerprint density at radius 3 is 3.19 bits per heavy atom. The molecule has 0 aromatic carbocycles. The van der Waals surface area contributed by atoms with Gasteiger partial charge in [0.15, 0.2) is 5.65 Å². The number of hydrogen-bond donors (Lipinski definition) is 2. The number of imidazole rings is 1. The van der Waals surface area contributed by atoms with E-state index in [-0.39, 0.29) is 6.10 Å². The fraction of sp³-hybridized carbons (Fsp3) is 0.455. The average Bonchev–Trinajstić information content (AvgIpc) is 2.70. The van der Waals surface area contributed by atoms with Gasteiger partial charge in [-0.1, -0.05) is 0 Å². The molecule has 0 aliphatic carbocycles. The quantitative estimate of drug-likeness (QED) is 0.765. The van der Waals surface area contributed by atoms with Crippen molar-refractivity contribution in [3.05, 3.63) is 24.7 Å². The lowest BCUT2D eigenvalue weighted by molar-refractivity contribution is 0.159. The molecule has 0 fully saturated rings. The number of aryl methyl sites for hydroxylation is 1. The lowest BCUT2D eigenvalue weighted by atomic mass is 10.2. The van der Waals surface area contributed by atoms with Gasteiger partial charge in [-0.25, -0.2) is 9.97 Å². The van der Waals surface area contributed by atoms with Crippen molar-refractivity contribution in [1.29, 1.82) is 0 Å². The third-order valence-corrected chi connectivity index (χ3v) is 2.54. The summed E-state index contributed by atoms with van der Waals surface area (Å²) in [6.45, 7) is 1.37. The van der Waals surface area contributed by atoms with Crippen molar-refractivity contribution in [3.8, 4) is 0 Å². The van der Waals surface area contributed by atoms with E-state index in [0.717, 1.165) is 17.7 Å². The first-order chi connectivity index (χ1) is 7.81. The van der Waals surface area contributed by atoms with Crippen LogP contribution in [0.15, 0.2) is 24.7 Å². The van der Waals surface area contributed by atoms with Gasteiger partial charge >= 0.3 is 0 Å². The highest BCUT2D eigenvalue weighted by atomic mass is 16.3. The smallest absolute Gasteiger partial charge is 0.177 e. The summed E-state index contributed by atoms with van der Waals surface area (Å²) in [5, 5.41) is 12.6. The van der Waals surface area contributed by atoms with Gasteiger partial charge in [-0.15, -0.1) is 0 Å². The maximum absolute atomic E-state index is 9.61. The molecule has 1 unspecified atom stereocenters. The second kappa shape index (κ2) is 5.05. The molecule has 0 aliphatic heterocycles. The third-order valence-electron chi connectivity index (χ3n) is 2.54. The van der Waals surface area contributed by atoms with E-state index in [1.54, 1.807) is 12.5 Å². The van der Waals surface area contributed by atoms with E-state index in [2.05, 4.69) is 15.3 Å². The Morgan fingerprint density at radius 2 is 2.38 bits per heavy atom. The fourth-order valence-electron chi connectivity index (χ4n) is 1.70. The first kappa shape index (κ1) is 11.0. The van der Waals surface area contributed by atoms with E-state index >= 15 is 0 Å². The summed E-state index contributed by atoms with van der Waals surface area (Å²) >= 11 is 0. The van der Waals surface area contributed by atoms with E-state index in [1.165, 1.54) is 0 Å². The average molecular weight is 220 g/mol. The third kappa shape index (κ3) is 2.37. The van der Waals surface area contributed by atoms with Crippen molar-refractivity contribution in [2.45, 2.75) is 19.1 Å². The zero-order chi connectivity index (χ0) is 11.4. The number of pyridine rings is 1. The van der Waals surface area contributed by atoms with Gasteiger partial charge in [0.25, 0.3) is 0 Å². The SMILES string of the molecule is CNCC(O)CCn1cnc2ncccc21. The van der Waals surface area contributed by atoms with Crippen LogP contribution in [0.4, 0.5) is 0 Å². The molecule has 2 rings (SSSR count). The first-order valence-electron chi connectivity index (χ1n) is 5.40. The van der Waals surface area contributed by atoms with Gasteiger partial charge in [0.05, 0.1) is 17.9 Å². The summed E-state index contributed by atoms with van der Waals surface area (Å²) in [5.74, 6) is 0. The number of fused-ring (bicyclic) bond motifs is 1. The molecular weight excluding hydrogens is 204 g/mol. The van der Waals surface area contributed by atoms with Gasteiger partial charge in [0.1, 0.15) is 0 Å². The Morgan fingerprint density at radius 1 is 1.50 bits per heavy atom. The van der Waals surface area contributed by atoms with Crippen molar-refractivity contribution in [3.63, 3.8) is 0 Å². The highest BCUT2D eigenvalue weighted by Crippen LogP contribution is 2.10. The van der Waals surface area contributed by atoms with Crippen LogP contribution < -0.4 is 5.32 Å². The van der Waals surface area contributed by atoms with Crippen molar-refractivity contribution in [1.82, 2.24) is 19.9 Å². The van der Waals surface area contributed by atoms with Gasteiger partial charge in [-0.05, 0) is 25.6 Å². The molecule has 2 N–H and O–H groups in total. The maximum Gasteiger partial charge on any atom is 0.177 e. The summed E-state index contributed by atoms with van der Waals surface area (Å²) in [5.41, 5.74) is 1.77. The highest BCUT2D eigenvalue weighted by molar-refractivity contribution is 5.70. The number of hydrogen-bond acceptors (Lipinski definition) is 4. The van der Waals surface area contributed by atoms with Crippen molar-refractivity contribution in [2.24, 2.45) is 0 Å². The molecule has 0 spiro atoms. The largest absolute Gasteiger partial charge is 0.392 e. The molecule has 0 aliphatic rings. The van der Waals surface area contributed by atoms with Gasteiger partial charge in [0.2, 0.25) is 0 Å². The van der Waals surface area contributed by atoms with E-state index in [1.807, 2.05) is 23.7 Å². The molecule has 0 amide bonds. The van der Waals surface area contributed by atoms with Crippen LogP contribution in [0.5, 0.6) is 0 Å². The lowest BCUT2D eigenvalue weighted by Gasteiger charge is -2.10. The number of nitrogens with one attached hydrogen (secondary N) is 1. The van der Waals surface area contributed by atoms with Crippen molar-refractivity contribution >= 4 is 11.2 Å². The summed E-state index contributed by atoms with van der Waals surface area (Å²) in [6.07, 6.45) is 3.89. The molecule has 2 aromatic heterocycles. The van der Waals surface area contributed by atoms with Crippen molar-refractivity contribution in [2.75, 3.05) is 13.6 Å². The maximum atomic E-state index is 9.61. The van der Waals surface area contributed by atoms with Crippen LogP contribution in [0, 0.1) is 0 Å². The lowest BCUT2D eigenvalue weighted by Crippen LogP contribution is -2.24. The first-order valence-corrected chi connectivity index (χ1v) is 5.40. The molecule has 0 bridgehead atoms.